The molecular weight excluding hydrogens is 584 g/mol. The van der Waals surface area contributed by atoms with Gasteiger partial charge in [0.25, 0.3) is 5.91 Å². The summed E-state index contributed by atoms with van der Waals surface area (Å²) in [6.45, 7) is 13.0. The maximum absolute atomic E-state index is 13.3. The zero-order valence-electron chi connectivity index (χ0n) is 25.1. The summed E-state index contributed by atoms with van der Waals surface area (Å²) in [6.07, 6.45) is 8.36. The Kier molecular flexibility index (Phi) is 9.04. The smallest absolute Gasteiger partial charge is 0.264 e. The summed E-state index contributed by atoms with van der Waals surface area (Å²) >= 11 is 6.39. The van der Waals surface area contributed by atoms with Crippen LogP contribution in [0.4, 0.5) is 5.69 Å². The number of ether oxygens (including phenoxy) is 1. The minimum Gasteiger partial charge on any atom is -0.490 e. The van der Waals surface area contributed by atoms with Gasteiger partial charge in [0.05, 0.1) is 23.6 Å². The van der Waals surface area contributed by atoms with Crippen LogP contribution in [0.25, 0.3) is 0 Å². The largest absolute Gasteiger partial charge is 0.490 e. The first kappa shape index (κ1) is 31.6. The highest BCUT2D eigenvalue weighted by Crippen LogP contribution is 2.52. The Morgan fingerprint density at radius 2 is 2.05 bits per heavy atom. The molecular formula is C34H43ClN2O5S. The first-order chi connectivity index (χ1) is 20.4. The molecule has 1 heterocycles. The molecule has 5 rings (SSSR count). The van der Waals surface area contributed by atoms with Crippen LogP contribution in [0.5, 0.6) is 5.75 Å². The van der Waals surface area contributed by atoms with Crippen molar-refractivity contribution < 1.29 is 23.1 Å². The lowest BCUT2D eigenvalue weighted by Gasteiger charge is -2.52. The zero-order valence-corrected chi connectivity index (χ0v) is 26.7. The van der Waals surface area contributed by atoms with Gasteiger partial charge in [0.1, 0.15) is 5.75 Å². The van der Waals surface area contributed by atoms with Crippen molar-refractivity contribution in [3.05, 3.63) is 83.4 Å². The molecule has 0 radical (unpaired) electrons. The van der Waals surface area contributed by atoms with Crippen molar-refractivity contribution in [3.63, 3.8) is 0 Å². The molecule has 7 nitrogen and oxygen atoms in total. The molecule has 2 aromatic rings. The van der Waals surface area contributed by atoms with Crippen LogP contribution in [-0.4, -0.2) is 50.5 Å². The van der Waals surface area contributed by atoms with Crippen LogP contribution < -0.4 is 14.4 Å². The maximum Gasteiger partial charge on any atom is 0.264 e. The molecule has 1 aliphatic heterocycles. The van der Waals surface area contributed by atoms with Crippen LogP contribution in [0.1, 0.15) is 73.9 Å². The zero-order chi connectivity index (χ0) is 31.0. The van der Waals surface area contributed by atoms with Crippen molar-refractivity contribution in [3.8, 4) is 5.75 Å². The first-order valence-electron chi connectivity index (χ1n) is 15.2. The second-order valence-corrected chi connectivity index (χ2v) is 15.4. The van der Waals surface area contributed by atoms with Gasteiger partial charge in [0.15, 0.2) is 0 Å². The molecule has 0 unspecified atom stereocenters. The number of rotatable bonds is 10. The molecule has 2 aromatic carbocycles. The topological polar surface area (TPSA) is 95.9 Å². The Labute approximate surface area is 261 Å². The number of aryl methyl sites for hydroxylation is 1. The van der Waals surface area contributed by atoms with Crippen molar-refractivity contribution in [2.24, 2.45) is 11.3 Å². The van der Waals surface area contributed by atoms with E-state index in [2.05, 4.69) is 41.8 Å². The van der Waals surface area contributed by atoms with Crippen molar-refractivity contribution in [1.82, 2.24) is 4.72 Å². The van der Waals surface area contributed by atoms with E-state index < -0.39 is 27.3 Å². The Morgan fingerprint density at radius 3 is 2.74 bits per heavy atom. The molecule has 3 aliphatic rings. The van der Waals surface area contributed by atoms with Crippen LogP contribution in [0, 0.1) is 11.3 Å². The van der Waals surface area contributed by atoms with E-state index in [9.17, 15) is 18.3 Å². The Bertz CT molecular complexity index is 1510. The number of nitrogens with zero attached hydrogens (tertiary/aromatic N) is 1. The number of carbonyl (C=O) groups excluding carboxylic acids is 1. The van der Waals surface area contributed by atoms with Gasteiger partial charge in [-0.2, -0.15) is 0 Å². The minimum absolute atomic E-state index is 0.195. The molecule has 1 fully saturated rings. The van der Waals surface area contributed by atoms with E-state index in [1.807, 2.05) is 6.07 Å². The predicted octanol–water partition coefficient (Wildman–Crippen LogP) is 6.19. The van der Waals surface area contributed by atoms with Gasteiger partial charge in [0, 0.05) is 34.5 Å². The number of hydrogen-bond acceptors (Lipinski definition) is 6. The van der Waals surface area contributed by atoms with Gasteiger partial charge in [-0.1, -0.05) is 36.7 Å². The Balaban J connectivity index is 1.51. The summed E-state index contributed by atoms with van der Waals surface area (Å²) < 4.78 is 34.6. The lowest BCUT2D eigenvalue weighted by atomic mass is 9.58. The fourth-order valence-electron chi connectivity index (χ4n) is 7.08. The van der Waals surface area contributed by atoms with Crippen LogP contribution in [-0.2, 0) is 21.9 Å². The average molecular weight is 627 g/mol. The number of hydrogen-bond donors (Lipinski definition) is 2. The predicted molar refractivity (Wildman–Crippen MR) is 173 cm³/mol. The normalized spacial score (nSPS) is 26.1. The van der Waals surface area contributed by atoms with Crippen LogP contribution in [0.2, 0.25) is 5.02 Å². The van der Waals surface area contributed by atoms with Gasteiger partial charge in [-0.05, 0) is 99.2 Å². The average Bonchev–Trinajstić information content (AvgIpc) is 3.13. The van der Waals surface area contributed by atoms with Gasteiger partial charge < -0.3 is 14.7 Å². The van der Waals surface area contributed by atoms with Crippen molar-refractivity contribution >= 4 is 33.2 Å². The maximum atomic E-state index is 13.3. The molecule has 0 bridgehead atoms. The second kappa shape index (κ2) is 12.3. The number of fused-ring (bicyclic) bond motifs is 3. The molecule has 1 spiro atoms. The summed E-state index contributed by atoms with van der Waals surface area (Å²) in [5.74, 6) is 0.183. The number of sulfonamides is 1. The number of halogens is 1. The fourth-order valence-corrected chi connectivity index (χ4v) is 8.30. The van der Waals surface area contributed by atoms with Gasteiger partial charge in [-0.3, -0.25) is 4.79 Å². The van der Waals surface area contributed by atoms with E-state index in [0.717, 1.165) is 42.8 Å². The number of benzene rings is 2. The lowest BCUT2D eigenvalue weighted by molar-refractivity contribution is -0.0466. The third kappa shape index (κ3) is 6.11. The summed E-state index contributed by atoms with van der Waals surface area (Å²) in [6, 6.07) is 11.3. The molecule has 232 valence electrons. The van der Waals surface area contributed by atoms with Crippen LogP contribution in [0.15, 0.2) is 61.7 Å². The fraction of sp³-hybridized carbons (Fsp3) is 0.500. The molecule has 1 amide bonds. The molecule has 5 atom stereocenters. The van der Waals surface area contributed by atoms with E-state index in [4.69, 9.17) is 16.3 Å². The standard InChI is InChI=1S/C34H43ClN2O5S/c1-5-7-9-23(3)43(40,41)36-32(39)25-11-14-30-29(19-25)37(20-26-15-17-33(26,4)31(38)6-2)21-34(22-42-30)16-8-10-24-18-27(35)12-13-28(24)34/h5-6,11-14,18-19,23,26,31,38H,1-2,7-10,15-17,20-22H2,3-4H3,(H,36,39)/t23-,26+,31+,33-,34+/m1/s1. The number of nitrogens with one attached hydrogen (secondary N) is 1. The molecule has 43 heavy (non-hydrogen) atoms. The molecule has 2 aliphatic carbocycles. The quantitative estimate of drug-likeness (QED) is 0.305. The van der Waals surface area contributed by atoms with Gasteiger partial charge in [-0.25, -0.2) is 13.1 Å². The number of aliphatic hydroxyl groups excluding tert-OH is 1. The number of allylic oxidation sites excluding steroid dienone is 1. The number of carbonyl (C=O) groups is 1. The summed E-state index contributed by atoms with van der Waals surface area (Å²) in [5, 5.41) is 10.8. The monoisotopic (exact) mass is 626 g/mol. The Morgan fingerprint density at radius 1 is 1.26 bits per heavy atom. The van der Waals surface area contributed by atoms with E-state index in [-0.39, 0.29) is 22.3 Å². The third-order valence-electron chi connectivity index (χ3n) is 10.1. The van der Waals surface area contributed by atoms with E-state index >= 15 is 0 Å². The van der Waals surface area contributed by atoms with Crippen molar-refractivity contribution in [2.45, 2.75) is 75.6 Å². The van der Waals surface area contributed by atoms with Gasteiger partial charge in [0.2, 0.25) is 10.0 Å². The number of aliphatic hydroxyl groups is 1. The first-order valence-corrected chi connectivity index (χ1v) is 17.1. The Hall–Kier alpha value is -2.81. The van der Waals surface area contributed by atoms with E-state index in [1.165, 1.54) is 11.1 Å². The van der Waals surface area contributed by atoms with Crippen molar-refractivity contribution in [1.29, 1.82) is 0 Å². The van der Waals surface area contributed by atoms with E-state index in [1.54, 1.807) is 37.3 Å². The number of amides is 1. The number of anilines is 1. The molecule has 0 saturated heterocycles. The van der Waals surface area contributed by atoms with Crippen LogP contribution in [0.3, 0.4) is 0 Å². The molecule has 0 aromatic heterocycles. The molecule has 2 N–H and O–H groups in total. The highest BCUT2D eigenvalue weighted by molar-refractivity contribution is 7.90. The second-order valence-electron chi connectivity index (χ2n) is 12.9. The lowest BCUT2D eigenvalue weighted by Crippen LogP contribution is -2.53. The SMILES string of the molecule is C=CCC[C@@H](C)S(=O)(=O)NC(=O)c1ccc2c(c1)N(C[C@@H]1CC[C@@]1(C)[C@@H](O)C=C)C[C@@]1(CCCc3cc(Cl)ccc31)CO2. The van der Waals surface area contributed by atoms with Gasteiger partial charge in [-0.15, -0.1) is 13.2 Å². The van der Waals surface area contributed by atoms with Crippen LogP contribution >= 0.6 is 11.6 Å². The third-order valence-corrected chi connectivity index (χ3v) is 12.1. The highest BCUT2D eigenvalue weighted by Gasteiger charge is 2.49. The minimum atomic E-state index is -3.86. The summed E-state index contributed by atoms with van der Waals surface area (Å²) in [7, 11) is -3.86. The summed E-state index contributed by atoms with van der Waals surface area (Å²) in [5.41, 5.74) is 2.89. The van der Waals surface area contributed by atoms with Gasteiger partial charge >= 0.3 is 0 Å². The summed E-state index contributed by atoms with van der Waals surface area (Å²) in [4.78, 5) is 15.6. The molecule has 9 heteroatoms. The van der Waals surface area contributed by atoms with Crippen molar-refractivity contribution in [2.75, 3.05) is 24.6 Å². The highest BCUT2D eigenvalue weighted by atomic mass is 35.5. The van der Waals surface area contributed by atoms with E-state index in [0.29, 0.717) is 38.3 Å². The molecule has 1 saturated carbocycles.